The van der Waals surface area contributed by atoms with Crippen molar-refractivity contribution in [3.8, 4) is 0 Å². The van der Waals surface area contributed by atoms with Gasteiger partial charge in [-0.3, -0.25) is 0 Å². The average molecular weight is 320 g/mol. The van der Waals surface area contributed by atoms with E-state index in [-0.39, 0.29) is 0 Å². The smallest absolute Gasteiger partial charge is 0.143 e. The molecule has 1 rings (SSSR count). The molecule has 84 valence electrons. The van der Waals surface area contributed by atoms with Crippen molar-refractivity contribution < 1.29 is 0 Å². The van der Waals surface area contributed by atoms with E-state index in [2.05, 4.69) is 44.8 Å². The third-order valence-electron chi connectivity index (χ3n) is 2.20. The van der Waals surface area contributed by atoms with Crippen molar-refractivity contribution in [2.75, 3.05) is 11.9 Å². The number of nitrogens with two attached hydrogens (primary N) is 1. The van der Waals surface area contributed by atoms with Crippen LogP contribution in [0.1, 0.15) is 26.2 Å². The third-order valence-corrected chi connectivity index (χ3v) is 2.99. The molecule has 1 unspecified atom stereocenters. The summed E-state index contributed by atoms with van der Waals surface area (Å²) in [7, 11) is 0. The van der Waals surface area contributed by atoms with Crippen LogP contribution in [-0.2, 0) is 0 Å². The van der Waals surface area contributed by atoms with Gasteiger partial charge in [0, 0.05) is 18.8 Å². The number of rotatable bonds is 6. The Bertz CT molecular complexity index is 293. The molecule has 5 heteroatoms. The highest BCUT2D eigenvalue weighted by Crippen LogP contribution is 2.14. The fraction of sp³-hybridized carbons (Fsp3) is 0.600. The number of aromatic nitrogens is 2. The number of anilines is 1. The second kappa shape index (κ2) is 6.95. The van der Waals surface area contributed by atoms with Gasteiger partial charge in [0.2, 0.25) is 0 Å². The van der Waals surface area contributed by atoms with E-state index in [0.717, 1.165) is 15.8 Å². The van der Waals surface area contributed by atoms with E-state index in [1.54, 1.807) is 12.5 Å². The Kier molecular flexibility index (Phi) is 5.85. The minimum atomic E-state index is 0.313. The average Bonchev–Trinajstić information content (AvgIpc) is 2.26. The first-order chi connectivity index (χ1) is 7.27. The summed E-state index contributed by atoms with van der Waals surface area (Å²) >= 11 is 2.22. The first-order valence-corrected chi connectivity index (χ1v) is 6.28. The highest BCUT2D eigenvalue weighted by molar-refractivity contribution is 14.1. The molecule has 0 saturated heterocycles. The predicted octanol–water partition coefficient (Wildman–Crippen LogP) is 2.01. The first kappa shape index (κ1) is 12.6. The fourth-order valence-corrected chi connectivity index (χ4v) is 1.77. The van der Waals surface area contributed by atoms with Gasteiger partial charge in [-0.25, -0.2) is 9.97 Å². The molecule has 3 N–H and O–H groups in total. The second-order valence-corrected chi connectivity index (χ2v) is 4.60. The molecule has 0 aliphatic heterocycles. The number of unbranched alkanes of at least 4 members (excludes halogenated alkanes) is 1. The van der Waals surface area contributed by atoms with E-state index < -0.39 is 0 Å². The van der Waals surface area contributed by atoms with Crippen molar-refractivity contribution in [3.05, 3.63) is 16.1 Å². The van der Waals surface area contributed by atoms with Crippen molar-refractivity contribution in [1.82, 2.24) is 9.97 Å². The van der Waals surface area contributed by atoms with Gasteiger partial charge in [0.05, 0.1) is 3.57 Å². The number of nitrogens with one attached hydrogen (secondary N) is 1. The largest absolute Gasteiger partial charge is 0.365 e. The molecule has 1 aromatic rings. The molecule has 1 atom stereocenters. The molecule has 0 bridgehead atoms. The van der Waals surface area contributed by atoms with Crippen molar-refractivity contribution in [1.29, 1.82) is 0 Å². The summed E-state index contributed by atoms with van der Waals surface area (Å²) in [6.45, 7) is 2.82. The number of hydrogen-bond acceptors (Lipinski definition) is 4. The zero-order chi connectivity index (χ0) is 11.1. The fourth-order valence-electron chi connectivity index (χ4n) is 1.31. The van der Waals surface area contributed by atoms with E-state index >= 15 is 0 Å². The van der Waals surface area contributed by atoms with Gasteiger partial charge in [-0.05, 0) is 29.0 Å². The Morgan fingerprint density at radius 3 is 3.00 bits per heavy atom. The van der Waals surface area contributed by atoms with Gasteiger partial charge in [0.1, 0.15) is 12.1 Å². The molecule has 0 radical (unpaired) electrons. The van der Waals surface area contributed by atoms with Crippen LogP contribution in [0, 0.1) is 3.57 Å². The summed E-state index contributed by atoms with van der Waals surface area (Å²) in [5, 5.41) is 3.35. The topological polar surface area (TPSA) is 63.8 Å². The standard InChI is InChI=1S/C10H17IN4/c1-2-3-4-8(5-12)15-10-9(11)6-13-7-14-10/h6-8H,2-5,12H2,1H3,(H,13,14,15). The van der Waals surface area contributed by atoms with Crippen molar-refractivity contribution in [2.45, 2.75) is 32.2 Å². The first-order valence-electron chi connectivity index (χ1n) is 5.20. The molecular weight excluding hydrogens is 303 g/mol. The summed E-state index contributed by atoms with van der Waals surface area (Å²) in [6, 6.07) is 0.313. The van der Waals surface area contributed by atoms with E-state index in [4.69, 9.17) is 5.73 Å². The minimum absolute atomic E-state index is 0.313. The van der Waals surface area contributed by atoms with Gasteiger partial charge in [0.15, 0.2) is 0 Å². The zero-order valence-electron chi connectivity index (χ0n) is 8.91. The molecule has 0 aromatic carbocycles. The Hall–Kier alpha value is -0.430. The van der Waals surface area contributed by atoms with Crippen LogP contribution in [0.25, 0.3) is 0 Å². The van der Waals surface area contributed by atoms with Gasteiger partial charge in [-0.1, -0.05) is 19.8 Å². The van der Waals surface area contributed by atoms with Crippen LogP contribution in [-0.4, -0.2) is 22.6 Å². The van der Waals surface area contributed by atoms with Crippen LogP contribution >= 0.6 is 22.6 Å². The monoisotopic (exact) mass is 320 g/mol. The molecule has 0 amide bonds. The van der Waals surface area contributed by atoms with Gasteiger partial charge in [-0.15, -0.1) is 0 Å². The maximum absolute atomic E-state index is 5.70. The number of nitrogens with zero attached hydrogens (tertiary/aromatic N) is 2. The second-order valence-electron chi connectivity index (χ2n) is 3.44. The Morgan fingerprint density at radius 1 is 1.60 bits per heavy atom. The van der Waals surface area contributed by atoms with Crippen LogP contribution in [0.4, 0.5) is 5.82 Å². The number of hydrogen-bond donors (Lipinski definition) is 2. The van der Waals surface area contributed by atoms with Crippen LogP contribution in [0.15, 0.2) is 12.5 Å². The highest BCUT2D eigenvalue weighted by atomic mass is 127. The van der Waals surface area contributed by atoms with E-state index in [0.29, 0.717) is 12.6 Å². The molecule has 0 fully saturated rings. The van der Waals surface area contributed by atoms with Gasteiger partial charge >= 0.3 is 0 Å². The Labute approximate surface area is 104 Å². The summed E-state index contributed by atoms with van der Waals surface area (Å²) in [5.74, 6) is 0.886. The van der Waals surface area contributed by atoms with Gasteiger partial charge < -0.3 is 11.1 Å². The molecule has 4 nitrogen and oxygen atoms in total. The summed E-state index contributed by atoms with van der Waals surface area (Å²) < 4.78 is 1.03. The quantitative estimate of drug-likeness (QED) is 0.787. The number of halogens is 1. The van der Waals surface area contributed by atoms with Crippen molar-refractivity contribution >= 4 is 28.4 Å². The summed E-state index contributed by atoms with van der Waals surface area (Å²) in [5.41, 5.74) is 5.70. The van der Waals surface area contributed by atoms with Crippen molar-refractivity contribution in [3.63, 3.8) is 0 Å². The maximum Gasteiger partial charge on any atom is 0.143 e. The SMILES string of the molecule is CCCCC(CN)Nc1ncncc1I. The van der Waals surface area contributed by atoms with Crippen LogP contribution < -0.4 is 11.1 Å². The zero-order valence-corrected chi connectivity index (χ0v) is 11.1. The highest BCUT2D eigenvalue weighted by Gasteiger charge is 2.08. The molecule has 15 heavy (non-hydrogen) atoms. The Morgan fingerprint density at radius 2 is 2.40 bits per heavy atom. The maximum atomic E-state index is 5.70. The Balaban J connectivity index is 2.54. The molecule has 1 heterocycles. The van der Waals surface area contributed by atoms with E-state index in [1.165, 1.54) is 12.8 Å². The predicted molar refractivity (Wildman–Crippen MR) is 70.7 cm³/mol. The summed E-state index contributed by atoms with van der Waals surface area (Å²) in [4.78, 5) is 8.14. The molecule has 0 aliphatic rings. The van der Waals surface area contributed by atoms with Gasteiger partial charge in [-0.2, -0.15) is 0 Å². The van der Waals surface area contributed by atoms with E-state index in [9.17, 15) is 0 Å². The van der Waals surface area contributed by atoms with Crippen molar-refractivity contribution in [2.24, 2.45) is 5.73 Å². The lowest BCUT2D eigenvalue weighted by atomic mass is 10.1. The van der Waals surface area contributed by atoms with Gasteiger partial charge in [0.25, 0.3) is 0 Å². The lowest BCUT2D eigenvalue weighted by molar-refractivity contribution is 0.612. The molecular formula is C10H17IN4. The molecule has 0 saturated carbocycles. The van der Waals surface area contributed by atoms with Crippen LogP contribution in [0.3, 0.4) is 0 Å². The van der Waals surface area contributed by atoms with Crippen LogP contribution in [0.2, 0.25) is 0 Å². The normalized spacial score (nSPS) is 12.5. The summed E-state index contributed by atoms with van der Waals surface area (Å²) in [6.07, 6.45) is 6.82. The lowest BCUT2D eigenvalue weighted by Crippen LogP contribution is -2.29. The molecule has 0 aliphatic carbocycles. The van der Waals surface area contributed by atoms with Crippen LogP contribution in [0.5, 0.6) is 0 Å². The van der Waals surface area contributed by atoms with E-state index in [1.807, 2.05) is 0 Å². The minimum Gasteiger partial charge on any atom is -0.365 e. The molecule has 0 spiro atoms. The molecule has 1 aromatic heterocycles. The third kappa shape index (κ3) is 4.29. The lowest BCUT2D eigenvalue weighted by Gasteiger charge is -2.17.